The van der Waals surface area contributed by atoms with E-state index in [0.717, 1.165) is 23.9 Å². The zero-order chi connectivity index (χ0) is 21.6. The van der Waals surface area contributed by atoms with Gasteiger partial charge >= 0.3 is 12.1 Å². The minimum atomic E-state index is -4.46. The van der Waals surface area contributed by atoms with E-state index in [9.17, 15) is 18.0 Å². The lowest BCUT2D eigenvalue weighted by Gasteiger charge is -2.07. The molecule has 1 aromatic heterocycles. The van der Waals surface area contributed by atoms with Crippen molar-refractivity contribution in [3.63, 3.8) is 0 Å². The first-order valence-electron chi connectivity index (χ1n) is 8.64. The van der Waals surface area contributed by atoms with Gasteiger partial charge in [0.15, 0.2) is 12.4 Å². The van der Waals surface area contributed by atoms with Crippen molar-refractivity contribution in [1.82, 2.24) is 15.0 Å². The zero-order valence-corrected chi connectivity index (χ0v) is 15.4. The van der Waals surface area contributed by atoms with Crippen molar-refractivity contribution in [3.8, 4) is 0 Å². The van der Waals surface area contributed by atoms with E-state index in [0.29, 0.717) is 0 Å². The molecular weight excluding hydrogens is 399 g/mol. The molecule has 30 heavy (non-hydrogen) atoms. The van der Waals surface area contributed by atoms with Crippen LogP contribution in [0.1, 0.15) is 17.0 Å². The largest absolute Gasteiger partial charge is 0.454 e. The van der Waals surface area contributed by atoms with E-state index in [1.165, 1.54) is 18.2 Å². The van der Waals surface area contributed by atoms with E-state index < -0.39 is 17.7 Å². The van der Waals surface area contributed by atoms with Crippen LogP contribution in [0.4, 0.5) is 30.8 Å². The van der Waals surface area contributed by atoms with Gasteiger partial charge in [-0.05, 0) is 35.9 Å². The van der Waals surface area contributed by atoms with Crippen molar-refractivity contribution in [2.24, 2.45) is 0 Å². The van der Waals surface area contributed by atoms with Gasteiger partial charge in [-0.2, -0.15) is 28.1 Å². The second kappa shape index (κ2) is 9.03. The minimum absolute atomic E-state index is 0.0611. The van der Waals surface area contributed by atoms with Crippen molar-refractivity contribution in [2.45, 2.75) is 12.8 Å². The summed E-state index contributed by atoms with van der Waals surface area (Å²) >= 11 is 0. The number of hydrogen-bond donors (Lipinski definition) is 2. The van der Waals surface area contributed by atoms with Crippen LogP contribution in [-0.4, -0.2) is 20.9 Å². The number of nitrogen functional groups attached to an aromatic ring is 1. The summed E-state index contributed by atoms with van der Waals surface area (Å²) in [5.74, 6) is -0.543. The number of para-hydroxylation sites is 1. The van der Waals surface area contributed by atoms with Crippen LogP contribution in [0.3, 0.4) is 0 Å². The Morgan fingerprint density at radius 3 is 2.57 bits per heavy atom. The van der Waals surface area contributed by atoms with E-state index in [4.69, 9.17) is 10.5 Å². The minimum Gasteiger partial charge on any atom is -0.454 e. The third kappa shape index (κ3) is 6.03. The van der Waals surface area contributed by atoms with Crippen LogP contribution in [0.25, 0.3) is 6.08 Å². The van der Waals surface area contributed by atoms with Gasteiger partial charge in [-0.1, -0.05) is 30.3 Å². The van der Waals surface area contributed by atoms with Gasteiger partial charge in [0.25, 0.3) is 0 Å². The number of nitrogens with one attached hydrogen (secondary N) is 1. The number of halogens is 3. The monoisotopic (exact) mass is 415 g/mol. The van der Waals surface area contributed by atoms with E-state index >= 15 is 0 Å². The maximum Gasteiger partial charge on any atom is 0.416 e. The maximum atomic E-state index is 12.7. The molecule has 0 spiro atoms. The fourth-order valence-electron chi connectivity index (χ4n) is 2.38. The molecule has 3 N–H and O–H groups in total. The van der Waals surface area contributed by atoms with Crippen molar-refractivity contribution < 1.29 is 22.7 Å². The Kier molecular flexibility index (Phi) is 6.26. The molecule has 7 nitrogen and oxygen atoms in total. The highest BCUT2D eigenvalue weighted by atomic mass is 19.4. The van der Waals surface area contributed by atoms with Crippen LogP contribution < -0.4 is 11.1 Å². The number of rotatable bonds is 6. The molecule has 0 aliphatic heterocycles. The van der Waals surface area contributed by atoms with Gasteiger partial charge in [0.05, 0.1) is 5.56 Å². The molecule has 2 aromatic carbocycles. The number of hydrogen-bond acceptors (Lipinski definition) is 7. The van der Waals surface area contributed by atoms with Gasteiger partial charge in [-0.25, -0.2) is 4.79 Å². The van der Waals surface area contributed by atoms with Crippen LogP contribution in [0.15, 0.2) is 60.7 Å². The Morgan fingerprint density at radius 2 is 1.83 bits per heavy atom. The van der Waals surface area contributed by atoms with E-state index in [2.05, 4.69) is 20.3 Å². The van der Waals surface area contributed by atoms with Gasteiger partial charge < -0.3 is 15.8 Å². The molecule has 0 saturated heterocycles. The van der Waals surface area contributed by atoms with Gasteiger partial charge in [0.1, 0.15) is 0 Å². The van der Waals surface area contributed by atoms with E-state index in [1.807, 2.05) is 18.2 Å². The Bertz CT molecular complexity index is 1060. The number of alkyl halides is 3. The summed E-state index contributed by atoms with van der Waals surface area (Å²) in [5.41, 5.74) is 5.79. The number of carbonyl (C=O) groups excluding carboxylic acids is 1. The van der Waals surface area contributed by atoms with Crippen LogP contribution in [0.5, 0.6) is 0 Å². The molecule has 0 fully saturated rings. The second-order valence-corrected chi connectivity index (χ2v) is 5.99. The van der Waals surface area contributed by atoms with Gasteiger partial charge in [-0.3, -0.25) is 0 Å². The highest BCUT2D eigenvalue weighted by Crippen LogP contribution is 2.29. The van der Waals surface area contributed by atoms with Crippen LogP contribution in [-0.2, 0) is 22.3 Å². The number of esters is 1. The Hall–Kier alpha value is -3.95. The molecule has 154 valence electrons. The predicted molar refractivity (Wildman–Crippen MR) is 104 cm³/mol. The summed E-state index contributed by atoms with van der Waals surface area (Å²) in [7, 11) is 0. The predicted octanol–water partition coefficient (Wildman–Crippen LogP) is 3.97. The van der Waals surface area contributed by atoms with Gasteiger partial charge in [0.2, 0.25) is 11.9 Å². The normalized spacial score (nSPS) is 11.4. The molecule has 3 aromatic rings. The molecule has 0 saturated carbocycles. The third-order valence-electron chi connectivity index (χ3n) is 3.70. The average Bonchev–Trinajstić information content (AvgIpc) is 2.71. The number of nitrogens with zero attached hydrogens (tertiary/aromatic N) is 3. The van der Waals surface area contributed by atoms with Crippen molar-refractivity contribution in [3.05, 3.63) is 77.6 Å². The van der Waals surface area contributed by atoms with Gasteiger partial charge in [0, 0.05) is 11.8 Å². The number of carbonyl (C=O) groups is 1. The maximum absolute atomic E-state index is 12.7. The molecule has 0 bridgehead atoms. The first-order valence-corrected chi connectivity index (χ1v) is 8.64. The Balaban J connectivity index is 1.61. The third-order valence-corrected chi connectivity index (χ3v) is 3.70. The SMILES string of the molecule is Nc1nc(COC(=O)/C=C/c2cccc(C(F)(F)F)c2)nc(Nc2ccccc2)n1. The Morgan fingerprint density at radius 1 is 1.07 bits per heavy atom. The summed E-state index contributed by atoms with van der Waals surface area (Å²) < 4.78 is 43.2. The lowest BCUT2D eigenvalue weighted by atomic mass is 10.1. The van der Waals surface area contributed by atoms with Crippen molar-refractivity contribution >= 4 is 29.6 Å². The number of nitrogens with two attached hydrogens (primary N) is 1. The highest BCUT2D eigenvalue weighted by molar-refractivity contribution is 5.87. The van der Waals surface area contributed by atoms with Gasteiger partial charge in [-0.15, -0.1) is 0 Å². The topological polar surface area (TPSA) is 103 Å². The number of ether oxygens (including phenoxy) is 1. The molecule has 0 aliphatic rings. The standard InChI is InChI=1S/C20H16F3N5O2/c21-20(22,23)14-6-4-5-13(11-14)9-10-17(29)30-12-16-26-18(24)28-19(27-16)25-15-7-2-1-3-8-15/h1-11H,12H2,(H3,24,25,26,27,28)/b10-9+. The van der Waals surface area contributed by atoms with E-state index in [-0.39, 0.29) is 29.9 Å². The number of benzene rings is 2. The first kappa shape index (κ1) is 20.8. The van der Waals surface area contributed by atoms with Crippen molar-refractivity contribution in [1.29, 1.82) is 0 Å². The number of anilines is 3. The number of aromatic nitrogens is 3. The second-order valence-electron chi connectivity index (χ2n) is 5.99. The Labute approximate surface area is 169 Å². The lowest BCUT2D eigenvalue weighted by molar-refractivity contribution is -0.139. The zero-order valence-electron chi connectivity index (χ0n) is 15.4. The fourth-order valence-corrected chi connectivity index (χ4v) is 2.38. The summed E-state index contributed by atoms with van der Waals surface area (Å²) in [4.78, 5) is 23.9. The quantitative estimate of drug-likeness (QED) is 0.464. The molecule has 0 atom stereocenters. The summed E-state index contributed by atoms with van der Waals surface area (Å²) in [6, 6.07) is 13.7. The summed E-state index contributed by atoms with van der Waals surface area (Å²) in [5, 5.41) is 2.95. The molecule has 3 rings (SSSR count). The van der Waals surface area contributed by atoms with Crippen molar-refractivity contribution in [2.75, 3.05) is 11.1 Å². The van der Waals surface area contributed by atoms with Crippen LogP contribution in [0, 0.1) is 0 Å². The average molecular weight is 415 g/mol. The molecular formula is C20H16F3N5O2. The smallest absolute Gasteiger partial charge is 0.416 e. The summed E-state index contributed by atoms with van der Waals surface area (Å²) in [6.45, 7) is -0.290. The molecule has 0 amide bonds. The molecule has 0 unspecified atom stereocenters. The highest BCUT2D eigenvalue weighted by Gasteiger charge is 2.30. The lowest BCUT2D eigenvalue weighted by Crippen LogP contribution is -2.10. The molecule has 0 radical (unpaired) electrons. The molecule has 1 heterocycles. The fraction of sp³-hybridized carbons (Fsp3) is 0.100. The van der Waals surface area contributed by atoms with Crippen LogP contribution >= 0.6 is 0 Å². The summed E-state index contributed by atoms with van der Waals surface area (Å²) in [6.07, 6.45) is -2.22. The molecule has 0 aliphatic carbocycles. The first-order chi connectivity index (χ1) is 14.3. The molecule has 10 heteroatoms. The van der Waals surface area contributed by atoms with E-state index in [1.54, 1.807) is 12.1 Å². The van der Waals surface area contributed by atoms with Crippen LogP contribution in [0.2, 0.25) is 0 Å².